The maximum Gasteiger partial charge on any atom is 0.417 e. The van der Waals surface area contributed by atoms with E-state index in [9.17, 15) is 30.0 Å². The number of sulfone groups is 1. The maximum absolute atomic E-state index is 13.6. The van der Waals surface area contributed by atoms with Crippen LogP contribution in [0.4, 0.5) is 18.9 Å². The van der Waals surface area contributed by atoms with Crippen LogP contribution in [0.3, 0.4) is 0 Å². The first-order chi connectivity index (χ1) is 14.3. The first-order valence-electron chi connectivity index (χ1n) is 8.65. The fourth-order valence-electron chi connectivity index (χ4n) is 3.11. The van der Waals surface area contributed by atoms with E-state index in [4.69, 9.17) is 11.6 Å². The highest BCUT2D eigenvalue weighted by Gasteiger charge is 2.36. The van der Waals surface area contributed by atoms with Gasteiger partial charge in [0.05, 0.1) is 37.8 Å². The van der Waals surface area contributed by atoms with E-state index >= 15 is 0 Å². The molecule has 2 aromatic rings. The summed E-state index contributed by atoms with van der Waals surface area (Å²) in [4.78, 5) is 3.37. The van der Waals surface area contributed by atoms with Crippen molar-refractivity contribution in [2.24, 2.45) is 4.99 Å². The van der Waals surface area contributed by atoms with Crippen molar-refractivity contribution in [3.8, 4) is 11.1 Å². The van der Waals surface area contributed by atoms with Gasteiger partial charge in [-0.1, -0.05) is 23.7 Å². The molecule has 0 bridgehead atoms. The molecule has 1 heterocycles. The summed E-state index contributed by atoms with van der Waals surface area (Å²) in [5, 5.41) is 1.74. The summed E-state index contributed by atoms with van der Waals surface area (Å²) < 4.78 is 90.4. The minimum atomic E-state index is -4.75. The fraction of sp³-hybridized carbons (Fsp3) is 0.278. The van der Waals surface area contributed by atoms with Crippen LogP contribution in [0.5, 0.6) is 0 Å². The predicted octanol–water partition coefficient (Wildman–Crippen LogP) is 4.18. The highest BCUT2D eigenvalue weighted by Crippen LogP contribution is 2.43. The van der Waals surface area contributed by atoms with Crippen LogP contribution in [0.2, 0.25) is 5.02 Å². The number of aliphatic imine (C=N–C) groups is 1. The van der Waals surface area contributed by atoms with Gasteiger partial charge in [0.1, 0.15) is 0 Å². The van der Waals surface area contributed by atoms with E-state index in [0.29, 0.717) is 0 Å². The van der Waals surface area contributed by atoms with Crippen LogP contribution in [0, 0.1) is 0 Å². The van der Waals surface area contributed by atoms with Gasteiger partial charge < -0.3 is 0 Å². The third-order valence-electron chi connectivity index (χ3n) is 4.64. The van der Waals surface area contributed by atoms with Gasteiger partial charge in [0.25, 0.3) is 0 Å². The average molecular weight is 511 g/mol. The van der Waals surface area contributed by atoms with Crippen molar-refractivity contribution < 1.29 is 30.0 Å². The van der Waals surface area contributed by atoms with Gasteiger partial charge in [0, 0.05) is 18.7 Å². The fourth-order valence-corrected chi connectivity index (χ4v) is 6.41. The Labute approximate surface area is 187 Å². The van der Waals surface area contributed by atoms with Gasteiger partial charge in [-0.05, 0) is 42.0 Å². The number of nitrogens with zero attached hydrogens (tertiary/aromatic N) is 2. The first-order valence-corrected chi connectivity index (χ1v) is 12.7. The van der Waals surface area contributed by atoms with Crippen molar-refractivity contribution >= 4 is 54.5 Å². The summed E-state index contributed by atoms with van der Waals surface area (Å²) in [6, 6.07) is 6.72. The Hall–Kier alpha value is -1.82. The Morgan fingerprint density at radius 2 is 1.68 bits per heavy atom. The molecule has 2 aromatic carbocycles. The molecule has 0 saturated carbocycles. The summed E-state index contributed by atoms with van der Waals surface area (Å²) in [6.45, 7) is -0.364. The molecule has 1 aliphatic rings. The van der Waals surface area contributed by atoms with Crippen molar-refractivity contribution in [3.05, 3.63) is 47.0 Å². The van der Waals surface area contributed by atoms with Crippen LogP contribution in [-0.4, -0.2) is 50.9 Å². The van der Waals surface area contributed by atoms with E-state index < -0.39 is 31.6 Å². The molecular weight excluding hydrogens is 497 g/mol. The molecule has 166 valence electrons. The SMILES string of the molecule is O=S1(=O)CCN(S(=O)(=O)c2ccc(-c3c(Cl)cc(N=C=S)cc3C(F)(F)F)cc2)CC1. The molecule has 0 N–H and O–H groups in total. The molecule has 6 nitrogen and oxygen atoms in total. The quantitative estimate of drug-likeness (QED) is 0.455. The molecule has 0 aromatic heterocycles. The number of alkyl halides is 3. The van der Waals surface area contributed by atoms with Gasteiger partial charge in [-0.2, -0.15) is 22.5 Å². The van der Waals surface area contributed by atoms with Crippen LogP contribution >= 0.6 is 23.8 Å². The third-order valence-corrected chi connectivity index (χ3v) is 8.55. The lowest BCUT2D eigenvalue weighted by atomic mass is 9.98. The molecule has 0 unspecified atom stereocenters. The van der Waals surface area contributed by atoms with Crippen LogP contribution < -0.4 is 0 Å². The van der Waals surface area contributed by atoms with Crippen LogP contribution in [0.1, 0.15) is 5.56 Å². The molecular formula is C18H14ClF3N2O4S3. The molecule has 0 radical (unpaired) electrons. The molecule has 0 atom stereocenters. The van der Waals surface area contributed by atoms with Crippen LogP contribution in [0.15, 0.2) is 46.3 Å². The molecule has 0 amide bonds. The lowest BCUT2D eigenvalue weighted by molar-refractivity contribution is -0.137. The number of hydrogen-bond acceptors (Lipinski definition) is 6. The minimum absolute atomic E-state index is 0.0513. The molecule has 31 heavy (non-hydrogen) atoms. The van der Waals surface area contributed by atoms with E-state index in [1.54, 1.807) is 0 Å². The zero-order chi connectivity index (χ0) is 23.0. The number of halogens is 4. The third kappa shape index (κ3) is 5.16. The number of isothiocyanates is 1. The summed E-state index contributed by atoms with van der Waals surface area (Å²) in [5.41, 5.74) is -1.45. The van der Waals surface area contributed by atoms with E-state index in [-0.39, 0.29) is 51.3 Å². The molecule has 1 aliphatic heterocycles. The van der Waals surface area contributed by atoms with Crippen molar-refractivity contribution in [2.45, 2.75) is 11.1 Å². The molecule has 3 rings (SSSR count). The number of benzene rings is 2. The highest BCUT2D eigenvalue weighted by molar-refractivity contribution is 7.92. The van der Waals surface area contributed by atoms with Crippen molar-refractivity contribution in [2.75, 3.05) is 24.6 Å². The smallest absolute Gasteiger partial charge is 0.229 e. The topological polar surface area (TPSA) is 83.9 Å². The summed E-state index contributed by atoms with van der Waals surface area (Å²) in [5.74, 6) is -0.573. The first kappa shape index (κ1) is 23.8. The standard InChI is InChI=1S/C18H14ClF3N2O4S3/c19-16-10-13(23-11-29)9-15(18(20,21)22)17(16)12-1-3-14(4-2-12)31(27,28)24-5-7-30(25,26)8-6-24/h1-4,9-10H,5-8H2. The van der Waals surface area contributed by atoms with Crippen LogP contribution in [0.25, 0.3) is 11.1 Å². The second kappa shape index (κ2) is 8.61. The molecule has 1 saturated heterocycles. The number of hydrogen-bond donors (Lipinski definition) is 0. The summed E-state index contributed by atoms with van der Waals surface area (Å²) >= 11 is 10.5. The van der Waals surface area contributed by atoms with Crippen LogP contribution in [-0.2, 0) is 26.0 Å². The Balaban J connectivity index is 2.01. The van der Waals surface area contributed by atoms with E-state index in [1.165, 1.54) is 18.2 Å². The Morgan fingerprint density at radius 1 is 1.10 bits per heavy atom. The largest absolute Gasteiger partial charge is 0.417 e. The van der Waals surface area contributed by atoms with Gasteiger partial charge >= 0.3 is 6.18 Å². The van der Waals surface area contributed by atoms with Crippen molar-refractivity contribution in [1.29, 1.82) is 0 Å². The van der Waals surface area contributed by atoms with Gasteiger partial charge in [0.15, 0.2) is 9.84 Å². The predicted molar refractivity (Wildman–Crippen MR) is 114 cm³/mol. The minimum Gasteiger partial charge on any atom is -0.229 e. The number of sulfonamides is 1. The van der Waals surface area contributed by atoms with Gasteiger partial charge in [0.2, 0.25) is 10.0 Å². The average Bonchev–Trinajstić information content (AvgIpc) is 2.67. The number of thiocarbonyl (C=S) groups is 1. The van der Waals surface area contributed by atoms with Crippen molar-refractivity contribution in [3.63, 3.8) is 0 Å². The lowest BCUT2D eigenvalue weighted by Crippen LogP contribution is -2.43. The highest BCUT2D eigenvalue weighted by atomic mass is 35.5. The Kier molecular flexibility index (Phi) is 6.62. The van der Waals surface area contributed by atoms with E-state index in [2.05, 4.69) is 17.2 Å². The van der Waals surface area contributed by atoms with E-state index in [1.807, 2.05) is 5.16 Å². The summed E-state index contributed by atoms with van der Waals surface area (Å²) in [6.07, 6.45) is -4.75. The number of rotatable bonds is 4. The molecule has 0 aliphatic carbocycles. The monoisotopic (exact) mass is 510 g/mol. The molecule has 13 heteroatoms. The lowest BCUT2D eigenvalue weighted by Gasteiger charge is -2.26. The molecule has 0 spiro atoms. The van der Waals surface area contributed by atoms with Gasteiger partial charge in [-0.15, -0.1) is 0 Å². The van der Waals surface area contributed by atoms with E-state index in [0.717, 1.165) is 22.5 Å². The van der Waals surface area contributed by atoms with Gasteiger partial charge in [-0.3, -0.25) is 0 Å². The molecule has 1 fully saturated rings. The second-order valence-corrected chi connectivity index (χ2v) is 11.5. The normalized spacial score (nSPS) is 17.2. The zero-order valence-electron chi connectivity index (χ0n) is 15.6. The summed E-state index contributed by atoms with van der Waals surface area (Å²) in [7, 11) is -7.27. The Morgan fingerprint density at radius 3 is 2.19 bits per heavy atom. The zero-order valence-corrected chi connectivity index (χ0v) is 18.8. The van der Waals surface area contributed by atoms with Crippen molar-refractivity contribution in [1.82, 2.24) is 4.31 Å². The van der Waals surface area contributed by atoms with Gasteiger partial charge in [-0.25, -0.2) is 16.8 Å². The Bertz CT molecular complexity index is 1260. The maximum atomic E-state index is 13.6. The second-order valence-electron chi connectivity index (χ2n) is 6.63.